The molecule has 3 saturated heterocycles. The summed E-state index contributed by atoms with van der Waals surface area (Å²) in [5, 5.41) is 16.1. The summed E-state index contributed by atoms with van der Waals surface area (Å²) in [7, 11) is 0. The largest absolute Gasteiger partial charge is 0.443 e. The van der Waals surface area contributed by atoms with E-state index in [1.165, 1.54) is 38.5 Å². The van der Waals surface area contributed by atoms with Crippen LogP contribution in [0.25, 0.3) is 0 Å². The van der Waals surface area contributed by atoms with Gasteiger partial charge in [0.25, 0.3) is 0 Å². The molecule has 0 aromatic heterocycles. The van der Waals surface area contributed by atoms with Gasteiger partial charge in [-0.15, -0.1) is 0 Å². The highest BCUT2D eigenvalue weighted by Gasteiger charge is 2.84. The maximum Gasteiger partial charge on any atom is 0.410 e. The number of carbonyl (C=O) groups is 1. The number of nitrogens with zero attached hydrogens (tertiary/aromatic N) is 1. The van der Waals surface area contributed by atoms with Crippen LogP contribution in [0.15, 0.2) is 0 Å². The lowest BCUT2D eigenvalue weighted by Crippen LogP contribution is -2.60. The van der Waals surface area contributed by atoms with Gasteiger partial charge in [-0.1, -0.05) is 48.5 Å². The van der Waals surface area contributed by atoms with Crippen LogP contribution in [0.2, 0.25) is 0 Å². The molecular formula is C38H62N2O6. The summed E-state index contributed by atoms with van der Waals surface area (Å²) in [5.74, 6) is 2.02. The fraction of sp³-hybridized carbons (Fsp3) is 0.974. The van der Waals surface area contributed by atoms with Gasteiger partial charge in [0.15, 0.2) is 6.29 Å². The third-order valence-electron chi connectivity index (χ3n) is 16.3. The first kappa shape index (κ1) is 32.3. The zero-order valence-electron chi connectivity index (χ0n) is 29.7. The maximum atomic E-state index is 12.9. The second-order valence-corrected chi connectivity index (χ2v) is 18.6. The van der Waals surface area contributed by atoms with Crippen LogP contribution in [0, 0.1) is 56.7 Å². The van der Waals surface area contributed by atoms with Gasteiger partial charge in [-0.05, 0) is 109 Å². The number of fused-ring (bicyclic) bond motifs is 4. The fourth-order valence-corrected chi connectivity index (χ4v) is 13.9. The number of ether oxygens (including phenoxy) is 4. The third kappa shape index (κ3) is 4.18. The van der Waals surface area contributed by atoms with Gasteiger partial charge < -0.3 is 34.3 Å². The van der Waals surface area contributed by atoms with Crippen molar-refractivity contribution in [2.75, 3.05) is 32.8 Å². The lowest BCUT2D eigenvalue weighted by Gasteiger charge is -2.63. The molecule has 0 bridgehead atoms. The molecule has 0 aromatic carbocycles. The second kappa shape index (κ2) is 10.8. The first-order valence-corrected chi connectivity index (χ1v) is 19.1. The molecule has 7 unspecified atom stereocenters. The van der Waals surface area contributed by atoms with Crippen LogP contribution in [-0.2, 0) is 18.9 Å². The highest BCUT2D eigenvalue weighted by Crippen LogP contribution is 2.89. The number of hydrogen-bond acceptors (Lipinski definition) is 7. The van der Waals surface area contributed by atoms with E-state index < -0.39 is 6.10 Å². The Balaban J connectivity index is 1.04. The fourth-order valence-electron chi connectivity index (χ4n) is 13.9. The van der Waals surface area contributed by atoms with Crippen molar-refractivity contribution in [2.45, 2.75) is 143 Å². The minimum atomic E-state index is -0.508. The Labute approximate surface area is 277 Å². The molecule has 5 aliphatic carbocycles. The summed E-state index contributed by atoms with van der Waals surface area (Å²) in [6.07, 6.45) is 9.16. The van der Waals surface area contributed by atoms with Crippen molar-refractivity contribution in [3.05, 3.63) is 0 Å². The lowest BCUT2D eigenvalue weighted by molar-refractivity contribution is -0.237. The van der Waals surface area contributed by atoms with Crippen molar-refractivity contribution >= 4 is 6.09 Å². The summed E-state index contributed by atoms with van der Waals surface area (Å²) >= 11 is 0. The average molecular weight is 643 g/mol. The summed E-state index contributed by atoms with van der Waals surface area (Å²) < 4.78 is 25.9. The van der Waals surface area contributed by atoms with Crippen molar-refractivity contribution in [3.8, 4) is 0 Å². The predicted octanol–water partition coefficient (Wildman–Crippen LogP) is 6.00. The van der Waals surface area contributed by atoms with Crippen LogP contribution in [0.1, 0.15) is 106 Å². The topological polar surface area (TPSA) is 89.5 Å². The minimum absolute atomic E-state index is 0.0246. The van der Waals surface area contributed by atoms with E-state index in [1.807, 2.05) is 0 Å². The maximum absolute atomic E-state index is 12.9. The van der Waals surface area contributed by atoms with Crippen LogP contribution in [0.5, 0.6) is 0 Å². The van der Waals surface area contributed by atoms with E-state index in [9.17, 15) is 9.90 Å². The molecule has 8 rings (SSSR count). The van der Waals surface area contributed by atoms with Gasteiger partial charge in [0.1, 0.15) is 6.10 Å². The molecular weight excluding hydrogens is 580 g/mol. The molecule has 8 heteroatoms. The Kier molecular flexibility index (Phi) is 7.57. The number of carbonyl (C=O) groups excluding carboxylic acids is 1. The molecule has 14 atom stereocenters. The second-order valence-electron chi connectivity index (χ2n) is 18.6. The normalized spacial score (nSPS) is 52.7. The molecule has 3 aliphatic heterocycles. The van der Waals surface area contributed by atoms with Gasteiger partial charge in [0.05, 0.1) is 31.0 Å². The van der Waals surface area contributed by atoms with Crippen LogP contribution < -0.4 is 5.32 Å². The van der Waals surface area contributed by atoms with Gasteiger partial charge in [-0.3, -0.25) is 0 Å². The monoisotopic (exact) mass is 642 g/mol. The highest BCUT2D eigenvalue weighted by atomic mass is 16.7. The molecule has 2 N–H and O–H groups in total. The van der Waals surface area contributed by atoms with E-state index in [-0.39, 0.29) is 59.0 Å². The van der Waals surface area contributed by atoms with Crippen molar-refractivity contribution in [2.24, 2.45) is 56.7 Å². The summed E-state index contributed by atoms with van der Waals surface area (Å²) in [5.41, 5.74) is 0.614. The van der Waals surface area contributed by atoms with E-state index in [4.69, 9.17) is 18.9 Å². The Morgan fingerprint density at radius 2 is 1.76 bits per heavy atom. The molecule has 1 amide bonds. The van der Waals surface area contributed by atoms with Crippen LogP contribution in [0.3, 0.4) is 0 Å². The van der Waals surface area contributed by atoms with Crippen molar-refractivity contribution in [3.63, 3.8) is 0 Å². The number of amides is 1. The first-order chi connectivity index (χ1) is 21.8. The first-order valence-electron chi connectivity index (χ1n) is 19.1. The number of rotatable bonds is 5. The number of aliphatic hydroxyl groups is 1. The summed E-state index contributed by atoms with van der Waals surface area (Å²) in [6.45, 7) is 20.6. The Hall–Kier alpha value is -0.930. The standard InChI is InChI=1S/C38H62N2O6/c1-22(2)30(46-33(42)40-16-8-17-40)24-19-23(3)29-31(44-24)32(41)36(7)26-10-9-25-34(4,5)27(45-28-20-39-15-18-43-28)11-12-37(25)21-38(26,37)14-13-35(29,36)6/h22-32,39,41H,8-21H2,1-7H3/t23-,24?,25+,26?,27?,28+,29+,30?,31-,32+,35?,36-,37?,38?/m1/s1. The van der Waals surface area contributed by atoms with E-state index in [1.54, 1.807) is 4.90 Å². The van der Waals surface area contributed by atoms with E-state index in [2.05, 4.69) is 53.8 Å². The predicted molar refractivity (Wildman–Crippen MR) is 175 cm³/mol. The SMILES string of the molecule is CC(C)C(OC(=O)N1CCC1)C1C[C@@H](C)[C@H]2[C@@H](O1)[C@H](O)[C@@]1(C)C3CC[C@H]4C(C)(C)C(O[C@H]5CNCCO5)CCC45CC35CCC21C. The zero-order chi connectivity index (χ0) is 32.4. The van der Waals surface area contributed by atoms with Gasteiger partial charge in [-0.25, -0.2) is 4.79 Å². The molecule has 8 aliphatic rings. The zero-order valence-corrected chi connectivity index (χ0v) is 29.7. The number of likely N-dealkylation sites (tertiary alicyclic amines) is 1. The van der Waals surface area contributed by atoms with Crippen molar-refractivity contribution < 1.29 is 28.8 Å². The van der Waals surface area contributed by atoms with Crippen molar-refractivity contribution in [1.29, 1.82) is 0 Å². The molecule has 0 radical (unpaired) electrons. The van der Waals surface area contributed by atoms with Gasteiger partial charge in [0, 0.05) is 31.6 Å². The Bertz CT molecular complexity index is 1200. The molecule has 3 heterocycles. The number of morpholine rings is 1. The number of hydrogen-bond donors (Lipinski definition) is 2. The average Bonchev–Trinajstić information content (AvgIpc) is 3.61. The quantitative estimate of drug-likeness (QED) is 0.381. The molecule has 0 aromatic rings. The molecule has 8 nitrogen and oxygen atoms in total. The summed E-state index contributed by atoms with van der Waals surface area (Å²) in [6, 6.07) is 0. The molecule has 8 fully saturated rings. The molecule has 260 valence electrons. The Morgan fingerprint density at radius 3 is 2.43 bits per heavy atom. The van der Waals surface area contributed by atoms with Gasteiger partial charge >= 0.3 is 6.09 Å². The molecule has 46 heavy (non-hydrogen) atoms. The minimum Gasteiger partial charge on any atom is -0.443 e. The van der Waals surface area contributed by atoms with Crippen LogP contribution in [-0.4, -0.2) is 85.7 Å². The summed E-state index contributed by atoms with van der Waals surface area (Å²) in [4.78, 5) is 14.7. The van der Waals surface area contributed by atoms with Crippen LogP contribution >= 0.6 is 0 Å². The van der Waals surface area contributed by atoms with E-state index in [0.29, 0.717) is 34.5 Å². The van der Waals surface area contributed by atoms with Gasteiger partial charge in [-0.2, -0.15) is 0 Å². The van der Waals surface area contributed by atoms with Crippen molar-refractivity contribution in [1.82, 2.24) is 10.2 Å². The lowest BCUT2D eigenvalue weighted by atomic mass is 9.41. The van der Waals surface area contributed by atoms with E-state index in [0.717, 1.165) is 52.0 Å². The Morgan fingerprint density at radius 1 is 1.02 bits per heavy atom. The number of aliphatic hydroxyl groups excluding tert-OH is 1. The van der Waals surface area contributed by atoms with Crippen LogP contribution in [0.4, 0.5) is 4.79 Å². The van der Waals surface area contributed by atoms with Gasteiger partial charge in [0.2, 0.25) is 0 Å². The smallest absolute Gasteiger partial charge is 0.410 e. The molecule has 5 saturated carbocycles. The molecule has 2 spiro atoms. The highest BCUT2D eigenvalue weighted by molar-refractivity contribution is 5.68. The number of nitrogens with one attached hydrogen (secondary N) is 1. The third-order valence-corrected chi connectivity index (χ3v) is 16.3. The van der Waals surface area contributed by atoms with E-state index >= 15 is 0 Å².